The van der Waals surface area contributed by atoms with Crippen LogP contribution in [-0.2, 0) is 0 Å². The zero-order valence-electron chi connectivity index (χ0n) is 10.8. The van der Waals surface area contributed by atoms with Gasteiger partial charge in [0.1, 0.15) is 0 Å². The van der Waals surface area contributed by atoms with Crippen molar-refractivity contribution < 1.29 is 19.1 Å². The normalized spacial score (nSPS) is 12.1. The van der Waals surface area contributed by atoms with Gasteiger partial charge in [0.25, 0.3) is 11.8 Å². The molecule has 0 atom stereocenters. The zero-order valence-corrected chi connectivity index (χ0v) is 14.8. The van der Waals surface area contributed by atoms with Gasteiger partial charge in [-0.25, -0.2) is 0 Å². The van der Waals surface area contributed by atoms with E-state index in [1.165, 1.54) is 11.3 Å². The van der Waals surface area contributed by atoms with Gasteiger partial charge in [-0.15, -0.1) is 11.3 Å². The summed E-state index contributed by atoms with van der Waals surface area (Å²) < 4.78 is 12.0. The van der Waals surface area contributed by atoms with Crippen molar-refractivity contribution in [1.29, 1.82) is 0 Å². The number of thiophene rings is 1. The molecule has 0 bridgehead atoms. The molecule has 9 heteroatoms. The van der Waals surface area contributed by atoms with Crippen molar-refractivity contribution in [2.24, 2.45) is 0 Å². The minimum absolute atomic E-state index is 0.138. The average Bonchev–Trinajstić information content (AvgIpc) is 3.10. The van der Waals surface area contributed by atoms with Crippen LogP contribution in [0, 0.1) is 0 Å². The number of halogens is 2. The van der Waals surface area contributed by atoms with E-state index in [0.717, 1.165) is 8.26 Å². The molecule has 0 saturated heterocycles. The summed E-state index contributed by atoms with van der Waals surface area (Å²) in [4.78, 5) is 24.4. The highest BCUT2D eigenvalue weighted by molar-refractivity contribution is 9.13. The number of carbonyl (C=O) groups excluding carboxylic acids is 2. The number of rotatable bonds is 2. The molecule has 0 unspecified atom stereocenters. The molecule has 1 aliphatic rings. The molecule has 0 aliphatic carbocycles. The fourth-order valence-corrected chi connectivity index (χ4v) is 3.67. The second-order valence-corrected chi connectivity index (χ2v) is 7.43. The number of amides is 2. The lowest BCUT2D eigenvalue weighted by Gasteiger charge is -2.06. The van der Waals surface area contributed by atoms with Gasteiger partial charge in [-0.05, 0) is 56.1 Å². The molecular weight excluding hydrogens is 440 g/mol. The van der Waals surface area contributed by atoms with Crippen molar-refractivity contribution in [3.8, 4) is 11.5 Å². The van der Waals surface area contributed by atoms with Crippen molar-refractivity contribution in [1.82, 2.24) is 10.9 Å². The van der Waals surface area contributed by atoms with Gasteiger partial charge in [0.05, 0.1) is 8.66 Å². The highest BCUT2D eigenvalue weighted by Gasteiger charge is 2.17. The minimum atomic E-state index is -0.443. The molecule has 0 radical (unpaired) electrons. The number of hydrogen-bond donors (Lipinski definition) is 2. The van der Waals surface area contributed by atoms with Crippen molar-refractivity contribution in [2.45, 2.75) is 0 Å². The van der Waals surface area contributed by atoms with Crippen LogP contribution in [0.25, 0.3) is 0 Å². The number of carbonyl (C=O) groups is 2. The molecule has 0 spiro atoms. The predicted molar refractivity (Wildman–Crippen MR) is 87.2 cm³/mol. The lowest BCUT2D eigenvalue weighted by atomic mass is 10.2. The van der Waals surface area contributed by atoms with Crippen molar-refractivity contribution in [2.75, 3.05) is 6.79 Å². The summed E-state index contributed by atoms with van der Waals surface area (Å²) in [5.74, 6) is 0.255. The van der Waals surface area contributed by atoms with E-state index in [9.17, 15) is 9.59 Å². The fourth-order valence-electron chi connectivity index (χ4n) is 1.74. The standard InChI is InChI=1S/C13H8Br2N2O4S/c14-7-4-10(22-11(7)15)13(19)17-16-12(18)6-1-2-8-9(3-6)21-5-20-8/h1-4H,5H2,(H,16,18)(H,17,19). The van der Waals surface area contributed by atoms with Crippen molar-refractivity contribution >= 4 is 55.0 Å². The van der Waals surface area contributed by atoms with Crippen molar-refractivity contribution in [3.63, 3.8) is 0 Å². The minimum Gasteiger partial charge on any atom is -0.454 e. The summed E-state index contributed by atoms with van der Waals surface area (Å²) in [7, 11) is 0. The Labute approximate surface area is 146 Å². The Balaban J connectivity index is 1.63. The number of hydrogen-bond acceptors (Lipinski definition) is 5. The maximum Gasteiger partial charge on any atom is 0.279 e. The molecule has 114 valence electrons. The number of hydrazine groups is 1. The quantitative estimate of drug-likeness (QED) is 0.693. The largest absolute Gasteiger partial charge is 0.454 e. The third-order valence-corrected chi connectivity index (χ3v) is 6.05. The molecule has 6 nitrogen and oxygen atoms in total. The Morgan fingerprint density at radius 1 is 1.05 bits per heavy atom. The summed E-state index contributed by atoms with van der Waals surface area (Å²) in [6, 6.07) is 6.46. The molecule has 0 saturated carbocycles. The predicted octanol–water partition coefficient (Wildman–Crippen LogP) is 3.08. The summed E-state index contributed by atoms with van der Waals surface area (Å²) >= 11 is 7.86. The molecular formula is C13H8Br2N2O4S. The van der Waals surface area contributed by atoms with Crippen LogP contribution in [0.2, 0.25) is 0 Å². The molecule has 2 aromatic rings. The third-order valence-electron chi connectivity index (χ3n) is 2.79. The van der Waals surface area contributed by atoms with E-state index in [1.54, 1.807) is 24.3 Å². The van der Waals surface area contributed by atoms with Gasteiger partial charge >= 0.3 is 0 Å². The van der Waals surface area contributed by atoms with Crippen LogP contribution in [-0.4, -0.2) is 18.6 Å². The van der Waals surface area contributed by atoms with Gasteiger partial charge in [-0.3, -0.25) is 20.4 Å². The second kappa shape index (κ2) is 6.27. The van der Waals surface area contributed by atoms with E-state index in [2.05, 4.69) is 42.7 Å². The van der Waals surface area contributed by atoms with Gasteiger partial charge in [0, 0.05) is 10.0 Å². The molecule has 1 aromatic heterocycles. The second-order valence-electron chi connectivity index (χ2n) is 4.21. The van der Waals surface area contributed by atoms with Gasteiger partial charge < -0.3 is 9.47 Å². The number of nitrogens with one attached hydrogen (secondary N) is 2. The van der Waals surface area contributed by atoms with E-state index in [1.807, 2.05) is 0 Å². The average molecular weight is 448 g/mol. The SMILES string of the molecule is O=C(NNC(=O)c1cc(Br)c(Br)s1)c1ccc2c(c1)OCO2. The first kappa shape index (κ1) is 15.3. The molecule has 22 heavy (non-hydrogen) atoms. The van der Waals surface area contributed by atoms with Crippen LogP contribution in [0.15, 0.2) is 32.5 Å². The van der Waals surface area contributed by atoms with Crippen LogP contribution in [0.3, 0.4) is 0 Å². The lowest BCUT2D eigenvalue weighted by molar-refractivity contribution is 0.0848. The monoisotopic (exact) mass is 446 g/mol. The van der Waals surface area contributed by atoms with E-state index in [-0.39, 0.29) is 6.79 Å². The molecule has 2 N–H and O–H groups in total. The summed E-state index contributed by atoms with van der Waals surface area (Å²) in [5.41, 5.74) is 5.08. The first-order valence-corrected chi connectivity index (χ1v) is 8.40. The summed E-state index contributed by atoms with van der Waals surface area (Å²) in [5, 5.41) is 0. The maximum absolute atomic E-state index is 12.0. The number of benzene rings is 1. The Hall–Kier alpha value is -1.58. The first-order valence-electron chi connectivity index (χ1n) is 6.00. The first-order chi connectivity index (χ1) is 10.5. The van der Waals surface area contributed by atoms with Gasteiger partial charge in [0.2, 0.25) is 6.79 Å². The molecule has 2 amide bonds. The highest BCUT2D eigenvalue weighted by atomic mass is 79.9. The van der Waals surface area contributed by atoms with Gasteiger partial charge in [-0.1, -0.05) is 0 Å². The van der Waals surface area contributed by atoms with E-state index in [0.29, 0.717) is 21.9 Å². The fraction of sp³-hybridized carbons (Fsp3) is 0.0769. The molecule has 2 heterocycles. The molecule has 3 rings (SSSR count). The van der Waals surface area contributed by atoms with Gasteiger partial charge in [-0.2, -0.15) is 0 Å². The Kier molecular flexibility index (Phi) is 4.37. The zero-order chi connectivity index (χ0) is 15.7. The number of fused-ring (bicyclic) bond motifs is 1. The molecule has 0 fully saturated rings. The highest BCUT2D eigenvalue weighted by Crippen LogP contribution is 2.33. The van der Waals surface area contributed by atoms with Crippen LogP contribution in [0.5, 0.6) is 11.5 Å². The molecule has 1 aromatic carbocycles. The molecule has 1 aliphatic heterocycles. The van der Waals surface area contributed by atoms with Crippen molar-refractivity contribution in [3.05, 3.63) is 43.0 Å². The third kappa shape index (κ3) is 3.11. The number of ether oxygens (including phenoxy) is 2. The smallest absolute Gasteiger partial charge is 0.279 e. The van der Waals surface area contributed by atoms with Crippen LogP contribution < -0.4 is 20.3 Å². The van der Waals surface area contributed by atoms with Crippen LogP contribution in [0.4, 0.5) is 0 Å². The summed E-state index contributed by atoms with van der Waals surface area (Å²) in [6.45, 7) is 0.138. The Bertz CT molecular complexity index is 743. The van der Waals surface area contributed by atoms with Crippen LogP contribution in [0.1, 0.15) is 20.0 Å². The van der Waals surface area contributed by atoms with E-state index >= 15 is 0 Å². The topological polar surface area (TPSA) is 76.7 Å². The summed E-state index contributed by atoms with van der Waals surface area (Å²) in [6.07, 6.45) is 0. The van der Waals surface area contributed by atoms with E-state index in [4.69, 9.17) is 9.47 Å². The van der Waals surface area contributed by atoms with Gasteiger partial charge in [0.15, 0.2) is 11.5 Å². The van der Waals surface area contributed by atoms with Crippen LogP contribution >= 0.6 is 43.2 Å². The Morgan fingerprint density at radius 3 is 2.50 bits per heavy atom. The maximum atomic E-state index is 12.0. The lowest BCUT2D eigenvalue weighted by Crippen LogP contribution is -2.41. The Morgan fingerprint density at radius 2 is 1.77 bits per heavy atom. The van der Waals surface area contributed by atoms with E-state index < -0.39 is 11.8 Å².